The van der Waals surface area contributed by atoms with Crippen molar-refractivity contribution in [3.8, 4) is 11.5 Å². The second-order valence-electron chi connectivity index (χ2n) is 7.72. The average molecular weight is 418 g/mol. The first kappa shape index (κ1) is 21.9. The molecule has 2 aromatic rings. The van der Waals surface area contributed by atoms with Gasteiger partial charge in [-0.25, -0.2) is 0 Å². The van der Waals surface area contributed by atoms with E-state index in [4.69, 9.17) is 9.47 Å². The highest BCUT2D eigenvalue weighted by Gasteiger charge is 2.28. The Morgan fingerprint density at radius 3 is 2.52 bits per heavy atom. The van der Waals surface area contributed by atoms with E-state index in [2.05, 4.69) is 39.4 Å². The molecule has 2 aromatic carbocycles. The average Bonchev–Trinajstić information content (AvgIpc) is 3.22. The van der Waals surface area contributed by atoms with E-state index in [1.807, 2.05) is 24.3 Å². The van der Waals surface area contributed by atoms with Crippen molar-refractivity contribution in [3.63, 3.8) is 0 Å². The van der Waals surface area contributed by atoms with E-state index in [9.17, 15) is 0 Å². The second-order valence-corrected chi connectivity index (χ2v) is 7.72. The normalized spacial score (nSPS) is 20.2. The van der Waals surface area contributed by atoms with Gasteiger partial charge in [0, 0.05) is 51.9 Å². The van der Waals surface area contributed by atoms with Crippen LogP contribution in [0.4, 0.5) is 0 Å². The van der Waals surface area contributed by atoms with Crippen LogP contribution in [0, 0.1) is 0 Å². The summed E-state index contributed by atoms with van der Waals surface area (Å²) in [6.07, 6.45) is 1.27. The van der Waals surface area contributed by atoms with Gasteiger partial charge in [0.2, 0.25) is 0 Å². The fourth-order valence-electron chi connectivity index (χ4n) is 4.23. The van der Waals surface area contributed by atoms with E-state index >= 15 is 0 Å². The predicted octanol–water partition coefficient (Wildman–Crippen LogP) is 3.18. The third-order valence-corrected chi connectivity index (χ3v) is 5.79. The first-order chi connectivity index (χ1) is 13.8. The molecule has 0 amide bonds. The highest BCUT2D eigenvalue weighted by molar-refractivity contribution is 5.85. The molecule has 0 radical (unpaired) electrons. The Morgan fingerprint density at radius 1 is 0.966 bits per heavy atom. The molecule has 2 aliphatic rings. The molecule has 0 saturated carbocycles. The topological polar surface area (TPSA) is 37.0 Å². The standard InChI is InChI=1S/C23H31N3O2.ClH/c1-27-22-8-7-20(15-23(22)28-18-19-5-3-2-4-6-19)16-25-12-9-21(17-25)26-13-10-24-11-14-26;/h2-8,15,21,24H,9-14,16-18H2,1H3;1H. The van der Waals surface area contributed by atoms with E-state index in [1.165, 1.54) is 31.6 Å². The molecule has 1 atom stereocenters. The van der Waals surface area contributed by atoms with E-state index < -0.39 is 0 Å². The number of methoxy groups -OCH3 is 1. The number of hydrogen-bond acceptors (Lipinski definition) is 5. The highest BCUT2D eigenvalue weighted by atomic mass is 35.5. The summed E-state index contributed by atoms with van der Waals surface area (Å²) in [5.74, 6) is 1.61. The molecule has 0 aliphatic carbocycles. The molecule has 2 aliphatic heterocycles. The Bertz CT molecular complexity index is 753. The first-order valence-corrected chi connectivity index (χ1v) is 10.3. The van der Waals surface area contributed by atoms with Crippen molar-refractivity contribution in [1.29, 1.82) is 0 Å². The zero-order valence-electron chi connectivity index (χ0n) is 17.2. The Balaban J connectivity index is 0.00000240. The summed E-state index contributed by atoms with van der Waals surface area (Å²) in [6.45, 7) is 8.45. The molecule has 0 aromatic heterocycles. The lowest BCUT2D eigenvalue weighted by Gasteiger charge is -2.32. The Hall–Kier alpha value is -1.79. The minimum Gasteiger partial charge on any atom is -0.493 e. The molecule has 2 saturated heterocycles. The zero-order chi connectivity index (χ0) is 19.2. The summed E-state index contributed by atoms with van der Waals surface area (Å²) in [7, 11) is 1.70. The number of likely N-dealkylation sites (tertiary alicyclic amines) is 1. The third kappa shape index (κ3) is 5.86. The highest BCUT2D eigenvalue weighted by Crippen LogP contribution is 2.30. The lowest BCUT2D eigenvalue weighted by Crippen LogP contribution is -2.49. The van der Waals surface area contributed by atoms with Crippen LogP contribution in [0.15, 0.2) is 48.5 Å². The van der Waals surface area contributed by atoms with Crippen LogP contribution in [-0.4, -0.2) is 62.2 Å². The minimum absolute atomic E-state index is 0. The van der Waals surface area contributed by atoms with Gasteiger partial charge < -0.3 is 14.8 Å². The van der Waals surface area contributed by atoms with Crippen molar-refractivity contribution in [1.82, 2.24) is 15.1 Å². The van der Waals surface area contributed by atoms with Gasteiger partial charge in [-0.2, -0.15) is 0 Å². The quantitative estimate of drug-likeness (QED) is 0.748. The summed E-state index contributed by atoms with van der Waals surface area (Å²) in [5, 5.41) is 3.45. The number of benzene rings is 2. The molecular formula is C23H32ClN3O2. The molecule has 5 nitrogen and oxygen atoms in total. The molecule has 29 heavy (non-hydrogen) atoms. The molecule has 0 spiro atoms. The number of hydrogen-bond donors (Lipinski definition) is 1. The lowest BCUT2D eigenvalue weighted by atomic mass is 10.2. The molecule has 2 fully saturated rings. The molecular weight excluding hydrogens is 386 g/mol. The number of nitrogens with one attached hydrogen (secondary N) is 1. The number of piperazine rings is 1. The first-order valence-electron chi connectivity index (χ1n) is 10.3. The third-order valence-electron chi connectivity index (χ3n) is 5.79. The lowest BCUT2D eigenvalue weighted by molar-refractivity contribution is 0.170. The van der Waals surface area contributed by atoms with Crippen molar-refractivity contribution in [2.24, 2.45) is 0 Å². The van der Waals surface area contributed by atoms with E-state index in [-0.39, 0.29) is 12.4 Å². The number of ether oxygens (including phenoxy) is 2. The van der Waals surface area contributed by atoms with Crippen molar-refractivity contribution in [2.45, 2.75) is 25.6 Å². The Labute approximate surface area is 180 Å². The van der Waals surface area contributed by atoms with Gasteiger partial charge in [-0.15, -0.1) is 12.4 Å². The van der Waals surface area contributed by atoms with Crippen LogP contribution in [0.1, 0.15) is 17.5 Å². The summed E-state index contributed by atoms with van der Waals surface area (Å²) >= 11 is 0. The van der Waals surface area contributed by atoms with Crippen LogP contribution in [-0.2, 0) is 13.2 Å². The number of rotatable bonds is 7. The largest absolute Gasteiger partial charge is 0.493 e. The summed E-state index contributed by atoms with van der Waals surface area (Å²) in [4.78, 5) is 5.22. The van der Waals surface area contributed by atoms with E-state index in [0.29, 0.717) is 12.6 Å². The maximum atomic E-state index is 6.08. The van der Waals surface area contributed by atoms with Gasteiger partial charge in [0.15, 0.2) is 11.5 Å². The van der Waals surface area contributed by atoms with Crippen LogP contribution in [0.5, 0.6) is 11.5 Å². The van der Waals surface area contributed by atoms with Gasteiger partial charge in [0.1, 0.15) is 6.61 Å². The van der Waals surface area contributed by atoms with Crippen LogP contribution in [0.3, 0.4) is 0 Å². The fourth-order valence-corrected chi connectivity index (χ4v) is 4.23. The summed E-state index contributed by atoms with van der Waals surface area (Å²) in [5.41, 5.74) is 2.44. The second kappa shape index (κ2) is 10.8. The minimum atomic E-state index is 0. The van der Waals surface area contributed by atoms with Crippen molar-refractivity contribution in [3.05, 3.63) is 59.7 Å². The van der Waals surface area contributed by atoms with Gasteiger partial charge in [-0.1, -0.05) is 36.4 Å². The van der Waals surface area contributed by atoms with Crippen molar-refractivity contribution in [2.75, 3.05) is 46.4 Å². The van der Waals surface area contributed by atoms with E-state index in [0.717, 1.165) is 43.2 Å². The monoisotopic (exact) mass is 417 g/mol. The number of halogens is 1. The van der Waals surface area contributed by atoms with Crippen LogP contribution in [0.2, 0.25) is 0 Å². The molecule has 1 unspecified atom stereocenters. The summed E-state index contributed by atoms with van der Waals surface area (Å²) < 4.78 is 11.6. The maximum Gasteiger partial charge on any atom is 0.161 e. The maximum absolute atomic E-state index is 6.08. The number of nitrogens with zero attached hydrogens (tertiary/aromatic N) is 2. The Morgan fingerprint density at radius 2 is 1.76 bits per heavy atom. The van der Waals surface area contributed by atoms with Crippen LogP contribution >= 0.6 is 12.4 Å². The van der Waals surface area contributed by atoms with Crippen LogP contribution < -0.4 is 14.8 Å². The molecule has 6 heteroatoms. The van der Waals surface area contributed by atoms with Gasteiger partial charge in [-0.05, 0) is 29.7 Å². The molecule has 158 valence electrons. The van der Waals surface area contributed by atoms with Gasteiger partial charge in [-0.3, -0.25) is 9.80 Å². The van der Waals surface area contributed by atoms with Gasteiger partial charge in [0.05, 0.1) is 7.11 Å². The molecule has 1 N–H and O–H groups in total. The Kier molecular flexibility index (Phi) is 8.19. The van der Waals surface area contributed by atoms with Gasteiger partial charge in [0.25, 0.3) is 0 Å². The predicted molar refractivity (Wildman–Crippen MR) is 119 cm³/mol. The smallest absolute Gasteiger partial charge is 0.161 e. The van der Waals surface area contributed by atoms with Crippen LogP contribution in [0.25, 0.3) is 0 Å². The molecule has 4 rings (SSSR count). The molecule has 2 heterocycles. The van der Waals surface area contributed by atoms with Crippen molar-refractivity contribution < 1.29 is 9.47 Å². The van der Waals surface area contributed by atoms with Gasteiger partial charge >= 0.3 is 0 Å². The molecule has 0 bridgehead atoms. The van der Waals surface area contributed by atoms with E-state index in [1.54, 1.807) is 7.11 Å². The SMILES string of the molecule is COc1ccc(CN2CCC(N3CCNCC3)C2)cc1OCc1ccccc1.Cl. The fraction of sp³-hybridized carbons (Fsp3) is 0.478. The summed E-state index contributed by atoms with van der Waals surface area (Å²) in [6, 6.07) is 17.3. The van der Waals surface area contributed by atoms with Crippen molar-refractivity contribution >= 4 is 12.4 Å². The zero-order valence-corrected chi connectivity index (χ0v) is 18.0.